The zero-order chi connectivity index (χ0) is 15.8. The van der Waals surface area contributed by atoms with Crippen molar-refractivity contribution in [1.29, 1.82) is 0 Å². The van der Waals surface area contributed by atoms with Gasteiger partial charge in [-0.1, -0.05) is 60.7 Å². The number of aliphatic hydroxyl groups excluding tert-OH is 1. The summed E-state index contributed by atoms with van der Waals surface area (Å²) in [7, 11) is 0. The van der Waals surface area contributed by atoms with Crippen LogP contribution in [0.15, 0.2) is 60.7 Å². The van der Waals surface area contributed by atoms with Crippen LogP contribution in [0.25, 0.3) is 0 Å². The van der Waals surface area contributed by atoms with Crippen LogP contribution in [0.1, 0.15) is 24.5 Å². The number of carbonyl (C=O) groups is 1. The number of aryl methyl sites for hydroxylation is 1. The van der Waals surface area contributed by atoms with Gasteiger partial charge in [0.1, 0.15) is 0 Å². The quantitative estimate of drug-likeness (QED) is 0.825. The van der Waals surface area contributed by atoms with Crippen molar-refractivity contribution >= 4 is 5.91 Å². The Hall–Kier alpha value is -2.13. The molecule has 0 saturated heterocycles. The first-order chi connectivity index (χ1) is 10.6. The minimum atomic E-state index is -0.580. The van der Waals surface area contributed by atoms with Gasteiger partial charge in [0.05, 0.1) is 12.1 Å². The second-order valence-corrected chi connectivity index (χ2v) is 5.60. The molecule has 0 aromatic heterocycles. The van der Waals surface area contributed by atoms with Crippen molar-refractivity contribution in [2.45, 2.75) is 38.3 Å². The van der Waals surface area contributed by atoms with Gasteiger partial charge in [0.15, 0.2) is 0 Å². The Kier molecular flexibility index (Phi) is 6.16. The topological polar surface area (TPSA) is 49.3 Å². The van der Waals surface area contributed by atoms with Crippen molar-refractivity contribution in [2.75, 3.05) is 0 Å². The predicted octanol–water partition coefficient (Wildman–Crippen LogP) is 2.73. The van der Waals surface area contributed by atoms with Crippen molar-refractivity contribution < 1.29 is 9.90 Å². The van der Waals surface area contributed by atoms with Crippen LogP contribution in [0, 0.1) is 0 Å². The molecule has 0 aliphatic heterocycles. The fourth-order valence-corrected chi connectivity index (χ4v) is 2.36. The summed E-state index contributed by atoms with van der Waals surface area (Å²) in [6.07, 6.45) is 1.12. The molecule has 1 amide bonds. The van der Waals surface area contributed by atoms with Gasteiger partial charge < -0.3 is 10.4 Å². The first-order valence-electron chi connectivity index (χ1n) is 7.70. The van der Waals surface area contributed by atoms with Crippen molar-refractivity contribution in [2.24, 2.45) is 0 Å². The van der Waals surface area contributed by atoms with Crippen LogP contribution in [-0.2, 0) is 17.6 Å². The average molecular weight is 297 g/mol. The maximum absolute atomic E-state index is 12.0. The molecular formula is C19H23NO2. The van der Waals surface area contributed by atoms with Gasteiger partial charge in [-0.3, -0.25) is 4.79 Å². The van der Waals surface area contributed by atoms with E-state index in [0.717, 1.165) is 11.1 Å². The van der Waals surface area contributed by atoms with E-state index < -0.39 is 6.10 Å². The van der Waals surface area contributed by atoms with E-state index in [2.05, 4.69) is 5.32 Å². The highest BCUT2D eigenvalue weighted by molar-refractivity contribution is 5.76. The van der Waals surface area contributed by atoms with Gasteiger partial charge in [0.2, 0.25) is 5.91 Å². The number of rotatable bonds is 7. The molecule has 116 valence electrons. The highest BCUT2D eigenvalue weighted by Crippen LogP contribution is 2.07. The summed E-state index contributed by atoms with van der Waals surface area (Å²) >= 11 is 0. The van der Waals surface area contributed by atoms with E-state index in [1.807, 2.05) is 67.6 Å². The molecule has 0 spiro atoms. The second kappa shape index (κ2) is 8.35. The van der Waals surface area contributed by atoms with E-state index in [1.54, 1.807) is 0 Å². The summed E-state index contributed by atoms with van der Waals surface area (Å²) in [5.74, 6) is -0.0246. The standard InChI is InChI=1S/C19H23NO2/c1-15(18(21)14-17-10-6-3-7-11-17)20-19(22)13-12-16-8-4-2-5-9-16/h2-11,15,18,21H,12-14H2,1H3,(H,20,22). The second-order valence-electron chi connectivity index (χ2n) is 5.60. The molecular weight excluding hydrogens is 274 g/mol. The van der Waals surface area contributed by atoms with Crippen LogP contribution in [-0.4, -0.2) is 23.2 Å². The summed E-state index contributed by atoms with van der Waals surface area (Å²) in [6.45, 7) is 1.84. The molecule has 0 radical (unpaired) electrons. The summed E-state index contributed by atoms with van der Waals surface area (Å²) < 4.78 is 0. The molecule has 0 heterocycles. The van der Waals surface area contributed by atoms with Crippen LogP contribution in [0.5, 0.6) is 0 Å². The number of aliphatic hydroxyl groups is 1. The Morgan fingerprint density at radius 2 is 1.55 bits per heavy atom. The SMILES string of the molecule is CC(NC(=O)CCc1ccccc1)C(O)Cc1ccccc1. The van der Waals surface area contributed by atoms with Crippen molar-refractivity contribution in [3.63, 3.8) is 0 Å². The van der Waals surface area contributed by atoms with Gasteiger partial charge in [-0.25, -0.2) is 0 Å². The Morgan fingerprint density at radius 3 is 2.14 bits per heavy atom. The van der Waals surface area contributed by atoms with Gasteiger partial charge in [-0.15, -0.1) is 0 Å². The summed E-state index contributed by atoms with van der Waals surface area (Å²) in [6, 6.07) is 19.5. The molecule has 22 heavy (non-hydrogen) atoms. The van der Waals surface area contributed by atoms with Crippen LogP contribution < -0.4 is 5.32 Å². The lowest BCUT2D eigenvalue weighted by molar-refractivity contribution is -0.122. The Labute approximate surface area is 132 Å². The normalized spacial score (nSPS) is 13.4. The summed E-state index contributed by atoms with van der Waals surface area (Å²) in [4.78, 5) is 12.0. The number of hydrogen-bond acceptors (Lipinski definition) is 2. The van der Waals surface area contributed by atoms with Crippen molar-refractivity contribution in [3.05, 3.63) is 71.8 Å². The van der Waals surface area contributed by atoms with E-state index in [0.29, 0.717) is 19.3 Å². The molecule has 0 aliphatic carbocycles. The number of amides is 1. The van der Waals surface area contributed by atoms with Crippen LogP contribution in [0.2, 0.25) is 0 Å². The molecule has 3 heteroatoms. The minimum absolute atomic E-state index is 0.0246. The van der Waals surface area contributed by atoms with E-state index in [4.69, 9.17) is 0 Å². The van der Waals surface area contributed by atoms with Crippen LogP contribution in [0.4, 0.5) is 0 Å². The average Bonchev–Trinajstić information content (AvgIpc) is 2.55. The molecule has 2 aromatic carbocycles. The highest BCUT2D eigenvalue weighted by Gasteiger charge is 2.16. The number of nitrogens with one attached hydrogen (secondary N) is 1. The third kappa shape index (κ3) is 5.34. The molecule has 2 rings (SSSR count). The zero-order valence-electron chi connectivity index (χ0n) is 12.9. The zero-order valence-corrected chi connectivity index (χ0v) is 12.9. The predicted molar refractivity (Wildman–Crippen MR) is 88.5 cm³/mol. The molecule has 2 unspecified atom stereocenters. The Balaban J connectivity index is 1.75. The van der Waals surface area contributed by atoms with E-state index in [9.17, 15) is 9.90 Å². The number of hydrogen-bond donors (Lipinski definition) is 2. The Morgan fingerprint density at radius 1 is 1.00 bits per heavy atom. The lowest BCUT2D eigenvalue weighted by Crippen LogP contribution is -2.42. The van der Waals surface area contributed by atoms with Crippen molar-refractivity contribution in [3.8, 4) is 0 Å². The number of benzene rings is 2. The maximum Gasteiger partial charge on any atom is 0.220 e. The fraction of sp³-hybridized carbons (Fsp3) is 0.316. The number of carbonyl (C=O) groups excluding carboxylic acids is 1. The molecule has 0 aliphatic rings. The van der Waals surface area contributed by atoms with Gasteiger partial charge in [0.25, 0.3) is 0 Å². The monoisotopic (exact) mass is 297 g/mol. The van der Waals surface area contributed by atoms with Gasteiger partial charge >= 0.3 is 0 Å². The van der Waals surface area contributed by atoms with Crippen LogP contribution in [0.3, 0.4) is 0 Å². The minimum Gasteiger partial charge on any atom is -0.391 e. The van der Waals surface area contributed by atoms with E-state index in [-0.39, 0.29) is 11.9 Å². The first kappa shape index (κ1) is 16.2. The lowest BCUT2D eigenvalue weighted by atomic mass is 10.0. The van der Waals surface area contributed by atoms with Gasteiger partial charge in [-0.2, -0.15) is 0 Å². The smallest absolute Gasteiger partial charge is 0.220 e. The molecule has 2 atom stereocenters. The highest BCUT2D eigenvalue weighted by atomic mass is 16.3. The third-order valence-corrected chi connectivity index (χ3v) is 3.74. The summed E-state index contributed by atoms with van der Waals surface area (Å²) in [5, 5.41) is 13.1. The molecule has 0 saturated carbocycles. The fourth-order valence-electron chi connectivity index (χ4n) is 2.36. The Bertz CT molecular complexity index is 569. The maximum atomic E-state index is 12.0. The van der Waals surface area contributed by atoms with Crippen molar-refractivity contribution in [1.82, 2.24) is 5.32 Å². The molecule has 2 N–H and O–H groups in total. The molecule has 3 nitrogen and oxygen atoms in total. The third-order valence-electron chi connectivity index (χ3n) is 3.74. The summed E-state index contributed by atoms with van der Waals surface area (Å²) in [5.41, 5.74) is 2.22. The van der Waals surface area contributed by atoms with Crippen LogP contribution >= 0.6 is 0 Å². The molecule has 0 fully saturated rings. The first-order valence-corrected chi connectivity index (χ1v) is 7.70. The largest absolute Gasteiger partial charge is 0.391 e. The lowest BCUT2D eigenvalue weighted by Gasteiger charge is -2.20. The van der Waals surface area contributed by atoms with Gasteiger partial charge in [0, 0.05) is 12.8 Å². The van der Waals surface area contributed by atoms with Gasteiger partial charge in [-0.05, 0) is 24.5 Å². The molecule has 0 bridgehead atoms. The van der Waals surface area contributed by atoms with E-state index >= 15 is 0 Å². The van der Waals surface area contributed by atoms with E-state index in [1.165, 1.54) is 0 Å². The molecule has 2 aromatic rings.